The van der Waals surface area contributed by atoms with E-state index in [1.807, 2.05) is 36.8 Å². The highest BCUT2D eigenvalue weighted by Gasteiger charge is 2.34. The average Bonchev–Trinajstić information content (AvgIpc) is 2.64. The Kier molecular flexibility index (Phi) is 7.73. The highest BCUT2D eigenvalue weighted by Crippen LogP contribution is 2.37. The van der Waals surface area contributed by atoms with Gasteiger partial charge in [0.15, 0.2) is 0 Å². The van der Waals surface area contributed by atoms with E-state index in [2.05, 4.69) is 11.9 Å². The van der Waals surface area contributed by atoms with Gasteiger partial charge in [0.25, 0.3) is 10.0 Å². The van der Waals surface area contributed by atoms with Gasteiger partial charge in [-0.2, -0.15) is 13.2 Å². The van der Waals surface area contributed by atoms with Crippen LogP contribution in [0.15, 0.2) is 77.2 Å². The van der Waals surface area contributed by atoms with Crippen LogP contribution in [-0.4, -0.2) is 20.1 Å². The van der Waals surface area contributed by atoms with E-state index in [1.165, 1.54) is 6.07 Å². The molecule has 0 bridgehead atoms. The molecule has 5 nitrogen and oxygen atoms in total. The highest BCUT2D eigenvalue weighted by atomic mass is 32.2. The van der Waals surface area contributed by atoms with Gasteiger partial charge in [0.1, 0.15) is 16.5 Å². The van der Waals surface area contributed by atoms with Gasteiger partial charge in [-0.3, -0.25) is 4.72 Å². The molecule has 2 aromatic rings. The van der Waals surface area contributed by atoms with Crippen molar-refractivity contribution in [1.29, 1.82) is 0 Å². The van der Waals surface area contributed by atoms with E-state index in [9.17, 15) is 31.1 Å². The predicted molar refractivity (Wildman–Crippen MR) is 117 cm³/mol. The molecule has 0 aliphatic carbocycles. The summed E-state index contributed by atoms with van der Waals surface area (Å²) in [7, 11) is -4.45. The molecular formula is C22H22F4N2O3S. The second-order valence-electron chi connectivity index (χ2n) is 7.05. The molecule has 172 valence electrons. The third-order valence-corrected chi connectivity index (χ3v) is 5.52. The molecule has 0 aliphatic heterocycles. The van der Waals surface area contributed by atoms with Crippen molar-refractivity contribution in [2.75, 3.05) is 16.6 Å². The Morgan fingerprint density at radius 3 is 2.34 bits per heavy atom. The lowest BCUT2D eigenvalue weighted by Crippen LogP contribution is -2.15. The van der Waals surface area contributed by atoms with Crippen LogP contribution in [0.1, 0.15) is 19.4 Å². The van der Waals surface area contributed by atoms with Crippen LogP contribution in [0.2, 0.25) is 0 Å². The molecular weight excluding hydrogens is 448 g/mol. The summed E-state index contributed by atoms with van der Waals surface area (Å²) in [6.07, 6.45) is 0.692. The van der Waals surface area contributed by atoms with E-state index in [-0.39, 0.29) is 5.69 Å². The summed E-state index contributed by atoms with van der Waals surface area (Å²) in [4.78, 5) is -0.695. The quantitative estimate of drug-likeness (QED) is 0.335. The van der Waals surface area contributed by atoms with Crippen molar-refractivity contribution in [3.8, 4) is 5.75 Å². The van der Waals surface area contributed by atoms with Gasteiger partial charge in [-0.1, -0.05) is 36.0 Å². The lowest BCUT2D eigenvalue weighted by Gasteiger charge is -2.13. The first-order chi connectivity index (χ1) is 14.8. The number of phenolic OH excluding ortho intramolecular Hbond substituents is 1. The molecule has 2 aromatic carbocycles. The predicted octanol–water partition coefficient (Wildman–Crippen LogP) is 5.84. The molecule has 0 aliphatic rings. The summed E-state index contributed by atoms with van der Waals surface area (Å²) in [5.74, 6) is -2.21. The second-order valence-corrected chi connectivity index (χ2v) is 8.70. The Balaban J connectivity index is 2.14. The number of halogens is 4. The summed E-state index contributed by atoms with van der Waals surface area (Å²) in [5.41, 5.74) is 0.497. The van der Waals surface area contributed by atoms with E-state index in [0.717, 1.165) is 29.3 Å². The SMILES string of the molecule is C=C(C)/C=C\C=C(\C)CNc1ccc(S(=O)(=O)Nc2ccc(C(F)(F)F)c(O)c2)c(F)c1. The van der Waals surface area contributed by atoms with Crippen LogP contribution in [-0.2, 0) is 16.2 Å². The fraction of sp³-hybridized carbons (Fsp3) is 0.182. The molecule has 0 saturated heterocycles. The Morgan fingerprint density at radius 2 is 1.78 bits per heavy atom. The van der Waals surface area contributed by atoms with Crippen molar-refractivity contribution in [2.24, 2.45) is 0 Å². The molecule has 0 fully saturated rings. The molecule has 32 heavy (non-hydrogen) atoms. The summed E-state index contributed by atoms with van der Waals surface area (Å²) >= 11 is 0. The number of hydrogen-bond donors (Lipinski definition) is 3. The van der Waals surface area contributed by atoms with Gasteiger partial charge in [0, 0.05) is 18.3 Å². The van der Waals surface area contributed by atoms with Crippen molar-refractivity contribution in [3.63, 3.8) is 0 Å². The zero-order valence-electron chi connectivity index (χ0n) is 17.3. The number of anilines is 2. The molecule has 0 radical (unpaired) electrons. The molecule has 10 heteroatoms. The summed E-state index contributed by atoms with van der Waals surface area (Å²) in [6.45, 7) is 7.83. The minimum Gasteiger partial charge on any atom is -0.507 e. The van der Waals surface area contributed by atoms with Crippen molar-refractivity contribution in [1.82, 2.24) is 0 Å². The zero-order chi connectivity index (χ0) is 24.1. The van der Waals surface area contributed by atoms with E-state index in [0.29, 0.717) is 24.4 Å². The first-order valence-corrected chi connectivity index (χ1v) is 10.7. The lowest BCUT2D eigenvalue weighted by atomic mass is 10.2. The van der Waals surface area contributed by atoms with E-state index >= 15 is 0 Å². The summed E-state index contributed by atoms with van der Waals surface area (Å²) in [5, 5.41) is 12.5. The molecule has 0 aromatic heterocycles. The molecule has 0 heterocycles. The van der Waals surface area contributed by atoms with Gasteiger partial charge in [-0.25, -0.2) is 12.8 Å². The van der Waals surface area contributed by atoms with Gasteiger partial charge < -0.3 is 10.4 Å². The number of phenols is 1. The summed E-state index contributed by atoms with van der Waals surface area (Å²) in [6, 6.07) is 5.34. The maximum Gasteiger partial charge on any atom is 0.419 e. The number of allylic oxidation sites excluding steroid dienone is 4. The largest absolute Gasteiger partial charge is 0.507 e. The van der Waals surface area contributed by atoms with E-state index in [1.54, 1.807) is 0 Å². The Bertz CT molecular complexity index is 1170. The number of rotatable bonds is 8. The molecule has 0 atom stereocenters. The zero-order valence-corrected chi connectivity index (χ0v) is 18.1. The fourth-order valence-electron chi connectivity index (χ4n) is 2.55. The van der Waals surface area contributed by atoms with Crippen molar-refractivity contribution >= 4 is 21.4 Å². The number of hydrogen-bond acceptors (Lipinski definition) is 4. The fourth-order valence-corrected chi connectivity index (χ4v) is 3.66. The summed E-state index contributed by atoms with van der Waals surface area (Å²) < 4.78 is 79.5. The third kappa shape index (κ3) is 6.88. The minimum atomic E-state index is -4.80. The van der Waals surface area contributed by atoms with Crippen LogP contribution in [0, 0.1) is 5.82 Å². The van der Waals surface area contributed by atoms with Gasteiger partial charge in [0.2, 0.25) is 0 Å². The number of nitrogens with one attached hydrogen (secondary N) is 2. The van der Waals surface area contributed by atoms with Crippen LogP contribution in [0.5, 0.6) is 5.75 Å². The van der Waals surface area contributed by atoms with Gasteiger partial charge in [-0.05, 0) is 44.2 Å². The Hall–Kier alpha value is -3.27. The topological polar surface area (TPSA) is 78.4 Å². The van der Waals surface area contributed by atoms with Crippen molar-refractivity contribution < 1.29 is 31.1 Å². The smallest absolute Gasteiger partial charge is 0.419 e. The molecule has 0 unspecified atom stereocenters. The van der Waals surface area contributed by atoms with Crippen molar-refractivity contribution in [3.05, 3.63) is 83.7 Å². The number of aromatic hydroxyl groups is 1. The van der Waals surface area contributed by atoms with Gasteiger partial charge >= 0.3 is 6.18 Å². The van der Waals surface area contributed by atoms with Crippen LogP contribution < -0.4 is 10.0 Å². The lowest BCUT2D eigenvalue weighted by molar-refractivity contribution is -0.138. The maximum absolute atomic E-state index is 14.5. The first-order valence-electron chi connectivity index (χ1n) is 9.25. The van der Waals surface area contributed by atoms with Crippen LogP contribution in [0.25, 0.3) is 0 Å². The number of sulfonamides is 1. The standard InChI is InChI=1S/C22H22F4N2O3S/c1-14(2)5-4-6-15(3)13-27-16-8-10-21(19(23)11-16)32(30,31)28-17-7-9-18(20(29)12-17)22(24,25)26/h4-12,27-29H,1,13H2,2-3H3/b5-4-,15-6-. The monoisotopic (exact) mass is 470 g/mol. The molecule has 2 rings (SSSR count). The normalized spacial score (nSPS) is 12.8. The molecule has 0 spiro atoms. The average molecular weight is 470 g/mol. The van der Waals surface area contributed by atoms with E-state index in [4.69, 9.17) is 0 Å². The van der Waals surface area contributed by atoms with Crippen LogP contribution in [0.4, 0.5) is 28.9 Å². The van der Waals surface area contributed by atoms with Gasteiger partial charge in [-0.15, -0.1) is 0 Å². The second kappa shape index (κ2) is 9.90. The number of benzene rings is 2. The van der Waals surface area contributed by atoms with E-state index < -0.39 is 38.2 Å². The number of alkyl halides is 3. The maximum atomic E-state index is 14.5. The molecule has 3 N–H and O–H groups in total. The van der Waals surface area contributed by atoms with Gasteiger partial charge in [0.05, 0.1) is 11.3 Å². The first kappa shape index (κ1) is 25.0. The highest BCUT2D eigenvalue weighted by molar-refractivity contribution is 7.92. The minimum absolute atomic E-state index is 0.338. The third-order valence-electron chi connectivity index (χ3n) is 4.11. The molecule has 0 amide bonds. The molecule has 0 saturated carbocycles. The Morgan fingerprint density at radius 1 is 1.12 bits per heavy atom. The van der Waals surface area contributed by atoms with Crippen LogP contribution in [0.3, 0.4) is 0 Å². The van der Waals surface area contributed by atoms with Crippen LogP contribution >= 0.6 is 0 Å². The van der Waals surface area contributed by atoms with Crippen molar-refractivity contribution in [2.45, 2.75) is 24.9 Å². The Labute approximate surface area is 183 Å².